The molecule has 88 valence electrons. The van der Waals surface area contributed by atoms with Crippen LogP contribution in [0.3, 0.4) is 0 Å². The third-order valence-electron chi connectivity index (χ3n) is 2.01. The number of phenolic OH excluding ortho intramolecular Hbond substituents is 2. The van der Waals surface area contributed by atoms with Crippen LogP contribution in [0.1, 0.15) is 5.56 Å². The summed E-state index contributed by atoms with van der Waals surface area (Å²) in [5.74, 6) is -3.40. The maximum atomic E-state index is 13.5. The molecule has 0 spiro atoms. The summed E-state index contributed by atoms with van der Waals surface area (Å²) < 4.78 is 13.4. The van der Waals surface area contributed by atoms with E-state index < -0.39 is 35.7 Å². The predicted molar refractivity (Wildman–Crippen MR) is 56.7 cm³/mol. The van der Waals surface area contributed by atoms with Crippen molar-refractivity contribution in [3.63, 3.8) is 0 Å². The van der Waals surface area contributed by atoms with Crippen LogP contribution in [0.5, 0.6) is 11.5 Å². The summed E-state index contributed by atoms with van der Waals surface area (Å²) >= 11 is 2.82. The van der Waals surface area contributed by atoms with Crippen molar-refractivity contribution in [2.24, 2.45) is 5.73 Å². The van der Waals surface area contributed by atoms with Gasteiger partial charge in [-0.3, -0.25) is 4.79 Å². The Hall–Kier alpha value is -1.34. The lowest BCUT2D eigenvalue weighted by molar-refractivity contribution is -0.138. The van der Waals surface area contributed by atoms with Crippen LogP contribution in [0.25, 0.3) is 0 Å². The molecule has 1 aromatic rings. The van der Waals surface area contributed by atoms with E-state index in [0.29, 0.717) is 0 Å². The number of aromatic hydroxyl groups is 2. The first-order valence-corrected chi connectivity index (χ1v) is 5.01. The average Bonchev–Trinajstić information content (AvgIpc) is 2.21. The van der Waals surface area contributed by atoms with Crippen LogP contribution in [0.4, 0.5) is 4.39 Å². The summed E-state index contributed by atoms with van der Waals surface area (Å²) in [5, 5.41) is 27.2. The molecule has 0 aliphatic rings. The molecule has 1 unspecified atom stereocenters. The lowest BCUT2D eigenvalue weighted by Gasteiger charge is -2.11. The fraction of sp³-hybridized carbons (Fsp3) is 0.222. The van der Waals surface area contributed by atoms with Crippen molar-refractivity contribution in [3.8, 4) is 11.5 Å². The van der Waals surface area contributed by atoms with Crippen molar-refractivity contribution < 1.29 is 24.5 Å². The van der Waals surface area contributed by atoms with Crippen LogP contribution in [-0.4, -0.2) is 27.3 Å². The number of phenols is 2. The molecule has 0 aliphatic heterocycles. The Bertz CT molecular complexity index is 412. The molecule has 5 nitrogen and oxygen atoms in total. The van der Waals surface area contributed by atoms with Crippen molar-refractivity contribution in [1.82, 2.24) is 0 Å². The summed E-state index contributed by atoms with van der Waals surface area (Å²) in [6.07, 6.45) is -0.417. The SMILES string of the molecule is NC(Cc1c(O)c(O)cc(Br)c1F)C(=O)O. The van der Waals surface area contributed by atoms with Crippen LogP contribution in [-0.2, 0) is 11.2 Å². The molecule has 0 aromatic heterocycles. The van der Waals surface area contributed by atoms with E-state index in [2.05, 4.69) is 15.9 Å². The number of hydrogen-bond acceptors (Lipinski definition) is 4. The zero-order chi connectivity index (χ0) is 12.5. The largest absolute Gasteiger partial charge is 0.504 e. The maximum absolute atomic E-state index is 13.5. The van der Waals surface area contributed by atoms with E-state index >= 15 is 0 Å². The minimum Gasteiger partial charge on any atom is -0.504 e. The van der Waals surface area contributed by atoms with Gasteiger partial charge in [0.2, 0.25) is 0 Å². The highest BCUT2D eigenvalue weighted by molar-refractivity contribution is 9.10. The van der Waals surface area contributed by atoms with Crippen LogP contribution in [0, 0.1) is 5.82 Å². The van der Waals surface area contributed by atoms with E-state index in [0.717, 1.165) is 6.07 Å². The Morgan fingerprint density at radius 1 is 1.56 bits per heavy atom. The zero-order valence-electron chi connectivity index (χ0n) is 7.94. The minimum absolute atomic E-state index is 0.0737. The fourth-order valence-corrected chi connectivity index (χ4v) is 1.60. The number of nitrogens with two attached hydrogens (primary N) is 1. The molecule has 0 saturated heterocycles. The second-order valence-corrected chi connectivity index (χ2v) is 4.02. The van der Waals surface area contributed by atoms with Crippen LogP contribution in [0.2, 0.25) is 0 Å². The summed E-state index contributed by atoms with van der Waals surface area (Å²) in [5.41, 5.74) is 4.88. The highest BCUT2D eigenvalue weighted by atomic mass is 79.9. The Morgan fingerprint density at radius 3 is 2.62 bits per heavy atom. The normalized spacial score (nSPS) is 12.4. The number of carbonyl (C=O) groups is 1. The molecule has 0 heterocycles. The lowest BCUT2D eigenvalue weighted by atomic mass is 10.0. The number of halogens is 2. The molecule has 16 heavy (non-hydrogen) atoms. The van der Waals surface area contributed by atoms with Gasteiger partial charge in [-0.25, -0.2) is 4.39 Å². The van der Waals surface area contributed by atoms with E-state index in [1.54, 1.807) is 0 Å². The summed E-state index contributed by atoms with van der Waals surface area (Å²) in [6.45, 7) is 0. The highest BCUT2D eigenvalue weighted by Gasteiger charge is 2.21. The first kappa shape index (κ1) is 12.7. The predicted octanol–water partition coefficient (Wildman–Crippen LogP) is 0.954. The van der Waals surface area contributed by atoms with E-state index in [4.69, 9.17) is 10.8 Å². The molecule has 1 rings (SSSR count). The molecule has 1 atom stereocenters. The maximum Gasteiger partial charge on any atom is 0.320 e. The number of hydrogen-bond donors (Lipinski definition) is 4. The minimum atomic E-state index is -1.35. The fourth-order valence-electron chi connectivity index (χ4n) is 1.15. The van der Waals surface area contributed by atoms with Crippen molar-refractivity contribution in [3.05, 3.63) is 21.9 Å². The molecule has 0 aliphatic carbocycles. The number of carboxylic acids is 1. The average molecular weight is 294 g/mol. The van der Waals surface area contributed by atoms with Crippen LogP contribution in [0.15, 0.2) is 10.5 Å². The quantitative estimate of drug-likeness (QED) is 0.621. The van der Waals surface area contributed by atoms with E-state index in [9.17, 15) is 19.4 Å². The van der Waals surface area contributed by atoms with Gasteiger partial charge in [0, 0.05) is 18.1 Å². The highest BCUT2D eigenvalue weighted by Crippen LogP contribution is 2.36. The molecule has 0 fully saturated rings. The second kappa shape index (κ2) is 4.67. The van der Waals surface area contributed by atoms with Gasteiger partial charge in [0.1, 0.15) is 11.9 Å². The van der Waals surface area contributed by atoms with Gasteiger partial charge in [-0.15, -0.1) is 0 Å². The Balaban J connectivity index is 3.17. The van der Waals surface area contributed by atoms with Gasteiger partial charge in [-0.05, 0) is 15.9 Å². The number of rotatable bonds is 3. The monoisotopic (exact) mass is 293 g/mol. The van der Waals surface area contributed by atoms with E-state index in [1.807, 2.05) is 0 Å². The van der Waals surface area contributed by atoms with Gasteiger partial charge in [-0.1, -0.05) is 0 Å². The molecule has 1 aromatic carbocycles. The van der Waals surface area contributed by atoms with Crippen molar-refractivity contribution in [2.75, 3.05) is 0 Å². The summed E-state index contributed by atoms with van der Waals surface area (Å²) in [6, 6.07) is -0.380. The van der Waals surface area contributed by atoms with Gasteiger partial charge in [-0.2, -0.15) is 0 Å². The van der Waals surface area contributed by atoms with Crippen molar-refractivity contribution in [2.45, 2.75) is 12.5 Å². The molecule has 0 amide bonds. The van der Waals surface area contributed by atoms with Crippen molar-refractivity contribution >= 4 is 21.9 Å². The zero-order valence-corrected chi connectivity index (χ0v) is 9.53. The third-order valence-corrected chi connectivity index (χ3v) is 2.58. The molecule has 7 heteroatoms. The van der Waals surface area contributed by atoms with Gasteiger partial charge < -0.3 is 21.1 Å². The summed E-state index contributed by atoms with van der Waals surface area (Å²) in [7, 11) is 0. The first-order chi connectivity index (χ1) is 7.34. The van der Waals surface area contributed by atoms with Crippen molar-refractivity contribution in [1.29, 1.82) is 0 Å². The smallest absolute Gasteiger partial charge is 0.320 e. The third kappa shape index (κ3) is 2.42. The molecule has 5 N–H and O–H groups in total. The van der Waals surface area contributed by atoms with E-state index in [-0.39, 0.29) is 10.0 Å². The van der Waals surface area contributed by atoms with Gasteiger partial charge in [0.05, 0.1) is 4.47 Å². The lowest BCUT2D eigenvalue weighted by Crippen LogP contribution is -2.32. The second-order valence-electron chi connectivity index (χ2n) is 3.17. The topological polar surface area (TPSA) is 104 Å². The molecule has 0 bridgehead atoms. The Morgan fingerprint density at radius 2 is 2.12 bits per heavy atom. The Labute approximate surface area is 98.4 Å². The van der Waals surface area contributed by atoms with Crippen LogP contribution < -0.4 is 5.73 Å². The Kier molecular flexibility index (Phi) is 3.71. The number of aliphatic carboxylic acids is 1. The molecule has 0 saturated carbocycles. The summed E-state index contributed by atoms with van der Waals surface area (Å²) in [4.78, 5) is 10.5. The van der Waals surface area contributed by atoms with Gasteiger partial charge in [0.15, 0.2) is 11.5 Å². The first-order valence-electron chi connectivity index (χ1n) is 4.21. The molecular formula is C9H9BrFNO4. The van der Waals surface area contributed by atoms with Crippen LogP contribution >= 0.6 is 15.9 Å². The molecular weight excluding hydrogens is 285 g/mol. The standard InChI is InChI=1S/C9H9BrFNO4/c10-4-2-6(13)8(14)3(7(4)11)1-5(12)9(15)16/h2,5,13-14H,1,12H2,(H,15,16). The number of benzene rings is 1. The van der Waals surface area contributed by atoms with E-state index in [1.165, 1.54) is 0 Å². The van der Waals surface area contributed by atoms with Gasteiger partial charge in [0.25, 0.3) is 0 Å². The van der Waals surface area contributed by atoms with Gasteiger partial charge >= 0.3 is 5.97 Å². The molecule has 0 radical (unpaired) electrons. The number of carboxylic acid groups (broad SMARTS) is 1.